The molecule has 0 radical (unpaired) electrons. The Morgan fingerprint density at radius 2 is 1.94 bits per heavy atom. The van der Waals surface area contributed by atoms with E-state index in [9.17, 15) is 22.4 Å². The van der Waals surface area contributed by atoms with Gasteiger partial charge >= 0.3 is 6.18 Å². The lowest BCUT2D eigenvalue weighted by Gasteiger charge is -2.11. The molecule has 1 nitrogen and oxygen atoms in total. The van der Waals surface area contributed by atoms with Crippen molar-refractivity contribution in [3.63, 3.8) is 0 Å². The molecule has 0 spiro atoms. The first kappa shape index (κ1) is 13.4. The molecule has 1 aromatic carbocycles. The maximum Gasteiger partial charge on any atom is 0.417 e. The van der Waals surface area contributed by atoms with Crippen LogP contribution in [0, 0.1) is 5.82 Å². The Morgan fingerprint density at radius 3 is 2.38 bits per heavy atom. The number of halogens is 6. The lowest BCUT2D eigenvalue weighted by atomic mass is 10.1. The average Bonchev–Trinajstić information content (AvgIpc) is 2.15. The Labute approximate surface area is 102 Å². The van der Waals surface area contributed by atoms with Crippen LogP contribution in [0.1, 0.15) is 15.9 Å². The number of rotatable bonds is 2. The van der Waals surface area contributed by atoms with Gasteiger partial charge in [-0.05, 0) is 12.1 Å². The molecule has 1 aromatic rings. The number of alkyl halides is 4. The molecule has 0 aliphatic carbocycles. The highest BCUT2D eigenvalue weighted by Gasteiger charge is 2.35. The highest BCUT2D eigenvalue weighted by Crippen LogP contribution is 2.37. The normalized spacial score (nSPS) is 11.6. The van der Waals surface area contributed by atoms with Gasteiger partial charge in [0, 0.05) is 0 Å². The quantitative estimate of drug-likeness (QED) is 0.456. The molecule has 0 heterocycles. The van der Waals surface area contributed by atoms with Crippen LogP contribution in [0.3, 0.4) is 0 Å². The van der Waals surface area contributed by atoms with E-state index < -0.39 is 33.9 Å². The van der Waals surface area contributed by atoms with Crippen molar-refractivity contribution < 1.29 is 22.4 Å². The molecule has 0 aliphatic rings. The molecule has 0 bridgehead atoms. The zero-order valence-electron chi connectivity index (χ0n) is 7.54. The predicted molar refractivity (Wildman–Crippen MR) is 54.5 cm³/mol. The number of hydrogen-bond acceptors (Lipinski definition) is 1. The summed E-state index contributed by atoms with van der Waals surface area (Å²) in [6.45, 7) is 0. The van der Waals surface area contributed by atoms with E-state index >= 15 is 0 Å². The maximum absolute atomic E-state index is 13.2. The zero-order valence-corrected chi connectivity index (χ0v) is 9.88. The largest absolute Gasteiger partial charge is 0.417 e. The molecular formula is C9H4BrClF4O. The SMILES string of the molecule is O=C(CBr)c1c(F)ccc(C(F)(F)F)c1Cl. The van der Waals surface area contributed by atoms with Gasteiger partial charge in [0.1, 0.15) is 5.82 Å². The van der Waals surface area contributed by atoms with Gasteiger partial charge in [-0.1, -0.05) is 27.5 Å². The molecule has 0 saturated carbocycles. The van der Waals surface area contributed by atoms with Crippen molar-refractivity contribution >= 4 is 33.3 Å². The molecular weight excluding hydrogens is 315 g/mol. The fourth-order valence-corrected chi connectivity index (χ4v) is 1.74. The van der Waals surface area contributed by atoms with Gasteiger partial charge in [0.25, 0.3) is 0 Å². The highest BCUT2D eigenvalue weighted by atomic mass is 79.9. The van der Waals surface area contributed by atoms with Crippen LogP contribution in [0.4, 0.5) is 17.6 Å². The van der Waals surface area contributed by atoms with Crippen molar-refractivity contribution in [1.82, 2.24) is 0 Å². The van der Waals surface area contributed by atoms with Gasteiger partial charge in [-0.3, -0.25) is 4.79 Å². The maximum atomic E-state index is 13.2. The van der Waals surface area contributed by atoms with Crippen LogP contribution in [0.25, 0.3) is 0 Å². The summed E-state index contributed by atoms with van der Waals surface area (Å²) >= 11 is 8.11. The minimum Gasteiger partial charge on any atom is -0.293 e. The molecule has 16 heavy (non-hydrogen) atoms. The summed E-state index contributed by atoms with van der Waals surface area (Å²) in [5.41, 5.74) is -1.96. The van der Waals surface area contributed by atoms with Crippen LogP contribution >= 0.6 is 27.5 Å². The van der Waals surface area contributed by atoms with Crippen molar-refractivity contribution in [3.8, 4) is 0 Å². The monoisotopic (exact) mass is 318 g/mol. The number of carbonyl (C=O) groups is 1. The van der Waals surface area contributed by atoms with Crippen LogP contribution in [-0.4, -0.2) is 11.1 Å². The van der Waals surface area contributed by atoms with Crippen LogP contribution in [-0.2, 0) is 6.18 Å². The van der Waals surface area contributed by atoms with Crippen molar-refractivity contribution in [2.75, 3.05) is 5.33 Å². The molecule has 0 amide bonds. The summed E-state index contributed by atoms with van der Waals surface area (Å²) in [7, 11) is 0. The third-order valence-corrected chi connectivity index (χ3v) is 2.70. The third kappa shape index (κ3) is 2.55. The van der Waals surface area contributed by atoms with Crippen LogP contribution < -0.4 is 0 Å². The summed E-state index contributed by atoms with van der Waals surface area (Å²) in [5, 5.41) is -1.21. The first-order valence-electron chi connectivity index (χ1n) is 3.93. The lowest BCUT2D eigenvalue weighted by Crippen LogP contribution is -2.12. The molecule has 0 unspecified atom stereocenters. The molecule has 0 atom stereocenters. The number of Topliss-reactive ketones (excluding diaryl/α,β-unsaturated/α-hetero) is 1. The molecule has 0 N–H and O–H groups in total. The Bertz CT molecular complexity index is 430. The highest BCUT2D eigenvalue weighted by molar-refractivity contribution is 9.09. The van der Waals surface area contributed by atoms with Gasteiger partial charge in [-0.15, -0.1) is 0 Å². The standard InChI is InChI=1S/C9H4BrClF4O/c10-3-6(16)7-5(12)2-1-4(8(7)11)9(13,14)15/h1-2H,3H2. The minimum atomic E-state index is -4.72. The fraction of sp³-hybridized carbons (Fsp3) is 0.222. The molecule has 0 fully saturated rings. The molecule has 0 saturated heterocycles. The lowest BCUT2D eigenvalue weighted by molar-refractivity contribution is -0.137. The third-order valence-electron chi connectivity index (χ3n) is 1.80. The van der Waals surface area contributed by atoms with Crippen LogP contribution in [0.5, 0.6) is 0 Å². The topological polar surface area (TPSA) is 17.1 Å². The van der Waals surface area contributed by atoms with Gasteiger partial charge in [0.05, 0.1) is 21.5 Å². The van der Waals surface area contributed by atoms with Gasteiger partial charge in [-0.25, -0.2) is 4.39 Å². The second-order valence-corrected chi connectivity index (χ2v) is 3.78. The van der Waals surface area contributed by atoms with E-state index in [4.69, 9.17) is 11.6 Å². The Hall–Kier alpha value is -0.620. The van der Waals surface area contributed by atoms with Crippen LogP contribution in [0.15, 0.2) is 12.1 Å². The minimum absolute atomic E-state index is 0.301. The van der Waals surface area contributed by atoms with E-state index in [2.05, 4.69) is 15.9 Å². The first-order valence-corrected chi connectivity index (χ1v) is 5.43. The van der Waals surface area contributed by atoms with Crippen molar-refractivity contribution in [1.29, 1.82) is 0 Å². The molecule has 0 aromatic heterocycles. The second-order valence-electron chi connectivity index (χ2n) is 2.84. The van der Waals surface area contributed by atoms with Gasteiger partial charge in [-0.2, -0.15) is 13.2 Å². The summed E-state index contributed by atoms with van der Waals surface area (Å²) in [6.07, 6.45) is -4.72. The Morgan fingerprint density at radius 1 is 1.38 bits per heavy atom. The Kier molecular flexibility index (Phi) is 3.96. The van der Waals surface area contributed by atoms with E-state index in [1.165, 1.54) is 0 Å². The van der Waals surface area contributed by atoms with E-state index in [1.54, 1.807) is 0 Å². The van der Waals surface area contributed by atoms with Gasteiger partial charge < -0.3 is 0 Å². The second kappa shape index (κ2) is 4.71. The predicted octanol–water partition coefficient (Wildman–Crippen LogP) is 4.08. The molecule has 1 rings (SSSR count). The van der Waals surface area contributed by atoms with E-state index in [1.807, 2.05) is 0 Å². The molecule has 7 heteroatoms. The average molecular weight is 319 g/mol. The van der Waals surface area contributed by atoms with Gasteiger partial charge in [0.2, 0.25) is 0 Å². The summed E-state index contributed by atoms with van der Waals surface area (Å²) in [4.78, 5) is 11.2. The number of carbonyl (C=O) groups excluding carboxylic acids is 1. The molecule has 88 valence electrons. The fourth-order valence-electron chi connectivity index (χ4n) is 1.09. The summed E-state index contributed by atoms with van der Waals surface area (Å²) in [5.74, 6) is -1.91. The van der Waals surface area contributed by atoms with Crippen molar-refractivity contribution in [2.45, 2.75) is 6.18 Å². The number of benzene rings is 1. The van der Waals surface area contributed by atoms with Crippen LogP contribution in [0.2, 0.25) is 5.02 Å². The first-order chi connectivity index (χ1) is 7.29. The van der Waals surface area contributed by atoms with Crippen molar-refractivity contribution in [2.24, 2.45) is 0 Å². The van der Waals surface area contributed by atoms with E-state index in [0.717, 1.165) is 0 Å². The van der Waals surface area contributed by atoms with E-state index in [-0.39, 0.29) is 5.33 Å². The number of hydrogen-bond donors (Lipinski definition) is 0. The Balaban J connectivity index is 3.45. The van der Waals surface area contributed by atoms with Crippen molar-refractivity contribution in [3.05, 3.63) is 34.1 Å². The number of ketones is 1. The summed E-state index contributed by atoms with van der Waals surface area (Å²) < 4.78 is 50.4. The summed E-state index contributed by atoms with van der Waals surface area (Å²) in [6, 6.07) is 1.08. The smallest absolute Gasteiger partial charge is 0.293 e. The molecule has 0 aliphatic heterocycles. The zero-order chi connectivity index (χ0) is 12.5. The van der Waals surface area contributed by atoms with Gasteiger partial charge in [0.15, 0.2) is 5.78 Å². The van der Waals surface area contributed by atoms with E-state index in [0.29, 0.717) is 12.1 Å².